The van der Waals surface area contributed by atoms with E-state index in [4.69, 9.17) is 18.9 Å². The molecular formula is C55H96O15. The highest BCUT2D eigenvalue weighted by Crippen LogP contribution is 2.53. The molecule has 1 aliphatic carbocycles. The van der Waals surface area contributed by atoms with Crippen LogP contribution in [-0.2, 0) is 23.7 Å². The molecule has 3 aliphatic heterocycles. The third-order valence-corrected chi connectivity index (χ3v) is 17.3. The van der Waals surface area contributed by atoms with E-state index < -0.39 is 114 Å². The van der Waals surface area contributed by atoms with Gasteiger partial charge in [-0.2, -0.15) is 0 Å². The van der Waals surface area contributed by atoms with Gasteiger partial charge in [0.2, 0.25) is 0 Å². The normalized spacial score (nSPS) is 46.0. The monoisotopic (exact) mass is 997 g/mol. The number of esters is 1. The lowest BCUT2D eigenvalue weighted by Crippen LogP contribution is -2.63. The van der Waals surface area contributed by atoms with E-state index in [1.165, 1.54) is 19.1 Å². The molecule has 0 aromatic heterocycles. The lowest BCUT2D eigenvalue weighted by atomic mass is 9.60. The minimum Gasteiger partial charge on any atom is -0.458 e. The van der Waals surface area contributed by atoms with Crippen LogP contribution in [0.5, 0.6) is 0 Å². The molecule has 4 aliphatic rings. The van der Waals surface area contributed by atoms with E-state index >= 15 is 0 Å². The van der Waals surface area contributed by atoms with Crippen molar-refractivity contribution >= 4 is 5.97 Å². The Kier molecular flexibility index (Phi) is 23.5. The smallest absolute Gasteiger partial charge is 0.330 e. The second kappa shape index (κ2) is 27.1. The summed E-state index contributed by atoms with van der Waals surface area (Å²) in [7, 11) is 0. The molecule has 25 unspecified atom stereocenters. The van der Waals surface area contributed by atoms with Gasteiger partial charge in [-0.3, -0.25) is 0 Å². The zero-order valence-corrected chi connectivity index (χ0v) is 44.2. The van der Waals surface area contributed by atoms with Crippen molar-refractivity contribution in [2.45, 2.75) is 250 Å². The maximum Gasteiger partial charge on any atom is 0.330 e. The molecule has 3 fully saturated rings. The van der Waals surface area contributed by atoms with E-state index in [0.29, 0.717) is 38.0 Å². The number of fused-ring (bicyclic) bond motifs is 2. The first-order chi connectivity index (χ1) is 32.8. The van der Waals surface area contributed by atoms with Gasteiger partial charge in [-0.25, -0.2) is 4.79 Å². The van der Waals surface area contributed by atoms with Crippen molar-refractivity contribution in [2.75, 3.05) is 0 Å². The molecule has 406 valence electrons. The fourth-order valence-corrected chi connectivity index (χ4v) is 12.2. The first kappa shape index (κ1) is 60.7. The van der Waals surface area contributed by atoms with Crippen LogP contribution in [0, 0.1) is 53.3 Å². The van der Waals surface area contributed by atoms with E-state index in [0.717, 1.165) is 12.8 Å². The van der Waals surface area contributed by atoms with Crippen molar-refractivity contribution in [1.82, 2.24) is 0 Å². The second-order valence-corrected chi connectivity index (χ2v) is 22.6. The molecule has 1 saturated carbocycles. The predicted molar refractivity (Wildman–Crippen MR) is 267 cm³/mol. The highest BCUT2D eigenvalue weighted by Gasteiger charge is 2.56. The Morgan fingerprint density at radius 2 is 1.47 bits per heavy atom. The SMILES string of the molecule is CCCC1(O)C(O)C(C)CC=CC=CC(CC(C)O)CCC2OC3(CCC(C)C(C(C)C(O)CC)C3)C(C)C(OC(=O)C=CC(C)C(O)C(C)C(O)C(OC3CCC(O)C(C)O3)C(O)C(O)C1O)C2C. The minimum atomic E-state index is -2.32. The van der Waals surface area contributed by atoms with E-state index in [9.17, 15) is 55.9 Å². The summed E-state index contributed by atoms with van der Waals surface area (Å²) < 4.78 is 25.7. The maximum atomic E-state index is 14.0. The van der Waals surface area contributed by atoms with Crippen LogP contribution >= 0.6 is 0 Å². The van der Waals surface area contributed by atoms with Crippen molar-refractivity contribution < 1.29 is 74.8 Å². The third-order valence-electron chi connectivity index (χ3n) is 17.3. The molecule has 0 aromatic carbocycles. The summed E-state index contributed by atoms with van der Waals surface area (Å²) in [5.41, 5.74) is -2.95. The van der Waals surface area contributed by atoms with Gasteiger partial charge in [0.25, 0.3) is 0 Å². The first-order valence-electron chi connectivity index (χ1n) is 26.9. The fourth-order valence-electron chi connectivity index (χ4n) is 12.2. The number of carbonyl (C=O) groups is 1. The van der Waals surface area contributed by atoms with Gasteiger partial charge in [-0.15, -0.1) is 0 Å². The number of aliphatic hydroxyl groups excluding tert-OH is 9. The highest BCUT2D eigenvalue weighted by atomic mass is 16.7. The Morgan fingerprint density at radius 1 is 0.786 bits per heavy atom. The quantitative estimate of drug-likeness (QED) is 0.132. The van der Waals surface area contributed by atoms with E-state index in [1.54, 1.807) is 34.6 Å². The number of hydrogen-bond acceptors (Lipinski definition) is 15. The number of rotatable bonds is 9. The van der Waals surface area contributed by atoms with Crippen molar-refractivity contribution in [3.05, 3.63) is 36.5 Å². The Hall–Kier alpha value is -1.83. The van der Waals surface area contributed by atoms with Crippen LogP contribution in [0.15, 0.2) is 36.5 Å². The number of carbonyl (C=O) groups excluding carboxylic acids is 1. The van der Waals surface area contributed by atoms with Crippen LogP contribution in [0.1, 0.15) is 153 Å². The van der Waals surface area contributed by atoms with Crippen LogP contribution in [0.2, 0.25) is 0 Å². The van der Waals surface area contributed by atoms with Gasteiger partial charge in [-0.1, -0.05) is 99.1 Å². The number of hydrogen-bond donors (Lipinski definition) is 10. The van der Waals surface area contributed by atoms with Crippen molar-refractivity contribution in [3.63, 3.8) is 0 Å². The fraction of sp³-hybridized carbons (Fsp3) is 0.873. The van der Waals surface area contributed by atoms with Gasteiger partial charge in [0.1, 0.15) is 36.1 Å². The molecule has 2 bridgehead atoms. The van der Waals surface area contributed by atoms with Gasteiger partial charge < -0.3 is 70.0 Å². The number of ether oxygens (including phenoxy) is 4. The zero-order valence-electron chi connectivity index (χ0n) is 44.2. The van der Waals surface area contributed by atoms with Crippen LogP contribution in [-0.4, -0.2) is 154 Å². The number of allylic oxidation sites excluding steroid dienone is 4. The Balaban J connectivity index is 1.77. The standard InChI is InChI=1S/C55H96O15/c1-12-26-55(66)52(64)32(5)17-15-14-16-18-39(28-33(6)56)20-22-43-35(8)50(37(10)54(70-43)27-25-30(3)40(29-54)34(7)41(57)13-2)68-44(59)23-19-31(4)46(60)36(9)47(61)51(48(62)49(63)53(55)65)69-45-24-21-42(58)38(11)67-45/h14-16,18-19,23,30-43,45-53,56-58,60-66H,12-13,17,20-22,24-29H2,1-11H3. The molecule has 1 spiro atoms. The largest absolute Gasteiger partial charge is 0.458 e. The topological polar surface area (TPSA) is 256 Å². The molecule has 0 amide bonds. The Labute approximate surface area is 419 Å². The lowest BCUT2D eigenvalue weighted by molar-refractivity contribution is -0.280. The highest BCUT2D eigenvalue weighted by molar-refractivity contribution is 5.82. The molecule has 70 heavy (non-hydrogen) atoms. The van der Waals surface area contributed by atoms with E-state index in [-0.39, 0.29) is 67.8 Å². The first-order valence-corrected chi connectivity index (χ1v) is 26.9. The second-order valence-electron chi connectivity index (χ2n) is 22.6. The Bertz CT molecular complexity index is 1660. The molecule has 3 heterocycles. The van der Waals surface area contributed by atoms with Gasteiger partial charge in [-0.05, 0) is 108 Å². The van der Waals surface area contributed by atoms with Crippen LogP contribution < -0.4 is 0 Å². The van der Waals surface area contributed by atoms with Crippen molar-refractivity contribution in [2.24, 2.45) is 53.3 Å². The average Bonchev–Trinajstić information content (AvgIpc) is 3.33. The van der Waals surface area contributed by atoms with Crippen LogP contribution in [0.4, 0.5) is 0 Å². The Morgan fingerprint density at radius 3 is 2.10 bits per heavy atom. The summed E-state index contributed by atoms with van der Waals surface area (Å²) in [6, 6.07) is 0. The summed E-state index contributed by atoms with van der Waals surface area (Å²) >= 11 is 0. The van der Waals surface area contributed by atoms with Gasteiger partial charge in [0.05, 0.1) is 54.4 Å². The van der Waals surface area contributed by atoms with Gasteiger partial charge in [0, 0.05) is 36.2 Å². The molecular weight excluding hydrogens is 901 g/mol. The molecule has 25 atom stereocenters. The van der Waals surface area contributed by atoms with E-state index in [1.807, 2.05) is 31.2 Å². The molecule has 15 heteroatoms. The molecule has 0 radical (unpaired) electrons. The summed E-state index contributed by atoms with van der Waals surface area (Å²) in [4.78, 5) is 14.0. The molecule has 15 nitrogen and oxygen atoms in total. The molecule has 4 rings (SSSR count). The van der Waals surface area contributed by atoms with Gasteiger partial charge >= 0.3 is 5.97 Å². The minimum absolute atomic E-state index is 0.0360. The molecule has 0 aromatic rings. The van der Waals surface area contributed by atoms with E-state index in [2.05, 4.69) is 27.7 Å². The van der Waals surface area contributed by atoms with Crippen molar-refractivity contribution in [1.29, 1.82) is 0 Å². The summed E-state index contributed by atoms with van der Waals surface area (Å²) in [5.74, 6) is -2.98. The summed E-state index contributed by atoms with van der Waals surface area (Å²) in [6.45, 7) is 20.5. The van der Waals surface area contributed by atoms with Crippen molar-refractivity contribution in [3.8, 4) is 0 Å². The molecule has 2 saturated heterocycles. The predicted octanol–water partition coefficient (Wildman–Crippen LogP) is 5.27. The molecule has 10 N–H and O–H groups in total. The summed E-state index contributed by atoms with van der Waals surface area (Å²) in [6.07, 6.45) is -1.17. The maximum absolute atomic E-state index is 14.0. The number of aliphatic hydroxyl groups is 10. The average molecular weight is 997 g/mol. The summed E-state index contributed by atoms with van der Waals surface area (Å²) in [5, 5.41) is 115. The lowest BCUT2D eigenvalue weighted by Gasteiger charge is -2.56. The third kappa shape index (κ3) is 14.9. The zero-order chi connectivity index (χ0) is 52.4. The van der Waals surface area contributed by atoms with Crippen LogP contribution in [0.25, 0.3) is 0 Å². The van der Waals surface area contributed by atoms with Gasteiger partial charge in [0.15, 0.2) is 6.29 Å². The van der Waals surface area contributed by atoms with Crippen LogP contribution in [0.3, 0.4) is 0 Å².